The zero-order chi connectivity index (χ0) is 20.1. The second-order valence-corrected chi connectivity index (χ2v) is 7.88. The molecule has 0 radical (unpaired) electrons. The number of benzene rings is 3. The molecule has 0 bridgehead atoms. The van der Waals surface area contributed by atoms with Crippen LogP contribution in [0.3, 0.4) is 0 Å². The Kier molecular flexibility index (Phi) is 2.60. The summed E-state index contributed by atoms with van der Waals surface area (Å²) in [6, 6.07) is 20.6. The van der Waals surface area contributed by atoms with Crippen molar-refractivity contribution in [3.63, 3.8) is 0 Å². The minimum atomic E-state index is 0.769. The van der Waals surface area contributed by atoms with Crippen LogP contribution in [0.4, 0.5) is 0 Å². The molecule has 0 fully saturated rings. The van der Waals surface area contributed by atoms with Crippen molar-refractivity contribution in [2.45, 2.75) is 0 Å². The quantitative estimate of drug-likeness (QED) is 0.262. The highest BCUT2D eigenvalue weighted by Gasteiger charge is 2.20. The lowest BCUT2D eigenvalue weighted by atomic mass is 10.1. The topological polar surface area (TPSA) is 56.5 Å². The first-order valence-electron chi connectivity index (χ1n) is 10.2. The number of rotatable bonds is 0. The molecule has 0 saturated carbocycles. The molecule has 3 aromatic carbocycles. The molecule has 0 aliphatic carbocycles. The van der Waals surface area contributed by atoms with Crippen LogP contribution in [0.2, 0.25) is 0 Å². The fraction of sp³-hybridized carbons (Fsp3) is 0. The van der Waals surface area contributed by atoms with Crippen molar-refractivity contribution in [1.82, 2.24) is 14.4 Å². The van der Waals surface area contributed by atoms with E-state index in [1.165, 1.54) is 0 Å². The second kappa shape index (κ2) is 5.21. The summed E-state index contributed by atoms with van der Waals surface area (Å²) in [7, 11) is 0. The molecule has 0 amide bonds. The molecule has 8 rings (SSSR count). The van der Waals surface area contributed by atoms with Gasteiger partial charge in [0.25, 0.3) is 0 Å². The summed E-state index contributed by atoms with van der Waals surface area (Å²) >= 11 is 0. The lowest BCUT2D eigenvalue weighted by molar-refractivity contribution is 0.635. The van der Waals surface area contributed by atoms with Gasteiger partial charge in [-0.2, -0.15) is 0 Å². The summed E-state index contributed by atoms with van der Waals surface area (Å²) < 4.78 is 14.9. The van der Waals surface area contributed by atoms with Gasteiger partial charge in [0, 0.05) is 45.5 Å². The van der Waals surface area contributed by atoms with Crippen molar-refractivity contribution >= 4 is 71.3 Å². The van der Waals surface area contributed by atoms with E-state index in [2.05, 4.69) is 45.8 Å². The molecule has 31 heavy (non-hydrogen) atoms. The monoisotopic (exact) mass is 399 g/mol. The van der Waals surface area contributed by atoms with Crippen LogP contribution >= 0.6 is 0 Å². The van der Waals surface area contributed by atoms with Gasteiger partial charge in [-0.1, -0.05) is 18.2 Å². The van der Waals surface area contributed by atoms with E-state index in [-0.39, 0.29) is 0 Å². The molecule has 0 unspecified atom stereocenters. The minimum absolute atomic E-state index is 0.769. The Morgan fingerprint density at radius 3 is 2.35 bits per heavy atom. The summed E-state index contributed by atoms with van der Waals surface area (Å²) in [6.07, 6.45) is 5.62. The number of nitrogens with zero attached hydrogens (tertiary/aromatic N) is 3. The van der Waals surface area contributed by atoms with Crippen molar-refractivity contribution in [2.75, 3.05) is 0 Å². The van der Waals surface area contributed by atoms with Gasteiger partial charge in [-0.05, 0) is 42.5 Å². The predicted octanol–water partition coefficient (Wildman–Crippen LogP) is 6.83. The molecule has 8 aromatic rings. The van der Waals surface area contributed by atoms with E-state index in [9.17, 15) is 0 Å². The minimum Gasteiger partial charge on any atom is -0.452 e. The van der Waals surface area contributed by atoms with E-state index in [0.717, 1.165) is 71.3 Å². The lowest BCUT2D eigenvalue weighted by Gasteiger charge is -2.07. The van der Waals surface area contributed by atoms with Crippen LogP contribution in [0.15, 0.2) is 88.1 Å². The average molecular weight is 399 g/mol. The first kappa shape index (κ1) is 15.5. The third-order valence-electron chi connectivity index (χ3n) is 6.32. The van der Waals surface area contributed by atoms with Crippen LogP contribution < -0.4 is 0 Å². The number of para-hydroxylation sites is 1. The van der Waals surface area contributed by atoms with Crippen molar-refractivity contribution in [2.24, 2.45) is 0 Å². The zero-order valence-electron chi connectivity index (χ0n) is 16.2. The number of hydrogen-bond acceptors (Lipinski definition) is 4. The van der Waals surface area contributed by atoms with Gasteiger partial charge >= 0.3 is 0 Å². The predicted molar refractivity (Wildman–Crippen MR) is 123 cm³/mol. The van der Waals surface area contributed by atoms with Crippen LogP contribution in [-0.4, -0.2) is 14.4 Å². The number of hydrogen-bond donors (Lipinski definition) is 0. The Labute approximate surface area is 174 Å². The SMILES string of the molecule is c1ccc2c(c1)oc1c2ccc2c3ccc4c(c5ncccc5c5nccn45)c3oc21. The maximum Gasteiger partial charge on any atom is 0.178 e. The highest BCUT2D eigenvalue weighted by Crippen LogP contribution is 2.42. The zero-order valence-corrected chi connectivity index (χ0v) is 16.2. The Morgan fingerprint density at radius 1 is 0.613 bits per heavy atom. The van der Waals surface area contributed by atoms with Gasteiger partial charge in [0.2, 0.25) is 0 Å². The number of aromatic nitrogens is 3. The third kappa shape index (κ3) is 1.78. The summed E-state index contributed by atoms with van der Waals surface area (Å²) in [5.41, 5.74) is 6.04. The Morgan fingerprint density at radius 2 is 1.39 bits per heavy atom. The van der Waals surface area contributed by atoms with Crippen molar-refractivity contribution in [3.05, 3.63) is 79.3 Å². The highest BCUT2D eigenvalue weighted by molar-refractivity contribution is 6.26. The molecular weight excluding hydrogens is 386 g/mol. The molecule has 5 aromatic heterocycles. The van der Waals surface area contributed by atoms with Crippen LogP contribution in [0.25, 0.3) is 71.3 Å². The van der Waals surface area contributed by atoms with Gasteiger partial charge in [0.05, 0.1) is 16.4 Å². The summed E-state index contributed by atoms with van der Waals surface area (Å²) in [6.45, 7) is 0. The normalized spacial score (nSPS) is 12.5. The van der Waals surface area contributed by atoms with Crippen LogP contribution in [0, 0.1) is 0 Å². The summed E-state index contributed by atoms with van der Waals surface area (Å²) in [4.78, 5) is 9.28. The van der Waals surface area contributed by atoms with E-state index < -0.39 is 0 Å². The molecule has 0 atom stereocenters. The Balaban J connectivity index is 1.66. The maximum absolute atomic E-state index is 6.57. The van der Waals surface area contributed by atoms with Crippen LogP contribution in [-0.2, 0) is 0 Å². The third-order valence-corrected chi connectivity index (χ3v) is 6.32. The number of fused-ring (bicyclic) bond motifs is 14. The van der Waals surface area contributed by atoms with Crippen LogP contribution in [0.5, 0.6) is 0 Å². The highest BCUT2D eigenvalue weighted by atomic mass is 16.4. The fourth-order valence-corrected chi connectivity index (χ4v) is 4.98. The summed E-state index contributed by atoms with van der Waals surface area (Å²) in [5.74, 6) is 0. The molecule has 0 aliphatic rings. The van der Waals surface area contributed by atoms with Gasteiger partial charge in [0.1, 0.15) is 16.8 Å². The van der Waals surface area contributed by atoms with E-state index >= 15 is 0 Å². The van der Waals surface area contributed by atoms with Gasteiger partial charge < -0.3 is 8.83 Å². The first-order chi connectivity index (χ1) is 15.4. The molecule has 5 heterocycles. The van der Waals surface area contributed by atoms with Crippen LogP contribution in [0.1, 0.15) is 0 Å². The van der Waals surface area contributed by atoms with E-state index in [1.54, 1.807) is 0 Å². The maximum atomic E-state index is 6.57. The lowest BCUT2D eigenvalue weighted by Crippen LogP contribution is -1.92. The Hall–Kier alpha value is -4.38. The largest absolute Gasteiger partial charge is 0.452 e. The van der Waals surface area contributed by atoms with Gasteiger partial charge in [-0.15, -0.1) is 0 Å². The molecule has 0 aliphatic heterocycles. The van der Waals surface area contributed by atoms with Gasteiger partial charge in [-0.3, -0.25) is 9.38 Å². The van der Waals surface area contributed by atoms with E-state index in [0.29, 0.717) is 0 Å². The van der Waals surface area contributed by atoms with Crippen molar-refractivity contribution in [3.8, 4) is 0 Å². The number of imidazole rings is 1. The standard InChI is InChI=1S/C26H13N3O2/c1-2-6-20-14(4-1)15-7-8-17-16-9-10-19-21(23(16)31-25(17)24(15)30-20)22-18(5-3-11-27-22)26-28-12-13-29(19)26/h1-13H. The molecule has 0 N–H and O–H groups in total. The molecule has 0 saturated heterocycles. The smallest absolute Gasteiger partial charge is 0.178 e. The van der Waals surface area contributed by atoms with Crippen molar-refractivity contribution in [1.29, 1.82) is 0 Å². The fourth-order valence-electron chi connectivity index (χ4n) is 4.98. The van der Waals surface area contributed by atoms with Gasteiger partial charge in [0.15, 0.2) is 11.2 Å². The molecule has 144 valence electrons. The molecule has 5 nitrogen and oxygen atoms in total. The molecular formula is C26H13N3O2. The first-order valence-corrected chi connectivity index (χ1v) is 10.2. The number of pyridine rings is 2. The second-order valence-electron chi connectivity index (χ2n) is 7.88. The van der Waals surface area contributed by atoms with Gasteiger partial charge in [-0.25, -0.2) is 4.98 Å². The average Bonchev–Trinajstić information content (AvgIpc) is 3.53. The number of furan rings is 2. The Bertz CT molecular complexity index is 2010. The van der Waals surface area contributed by atoms with E-state index in [4.69, 9.17) is 13.8 Å². The summed E-state index contributed by atoms with van der Waals surface area (Å²) in [5, 5.41) is 6.24. The van der Waals surface area contributed by atoms with Crippen molar-refractivity contribution < 1.29 is 8.83 Å². The van der Waals surface area contributed by atoms with E-state index in [1.807, 2.05) is 42.9 Å². The molecule has 0 spiro atoms. The molecule has 5 heteroatoms.